The van der Waals surface area contributed by atoms with Gasteiger partial charge < -0.3 is 10.1 Å². The van der Waals surface area contributed by atoms with Gasteiger partial charge >= 0.3 is 0 Å². The molecule has 0 heterocycles. The zero-order valence-corrected chi connectivity index (χ0v) is 16.5. The van der Waals surface area contributed by atoms with Crippen LogP contribution >= 0.6 is 0 Å². The Labute approximate surface area is 163 Å². The third-order valence-electron chi connectivity index (χ3n) is 4.17. The van der Waals surface area contributed by atoms with Crippen LogP contribution < -0.4 is 5.32 Å². The van der Waals surface area contributed by atoms with Crippen molar-refractivity contribution >= 4 is 16.7 Å². The Balaban J connectivity index is 1.53. The Morgan fingerprint density at radius 1 is 1.07 bits per heavy atom. The van der Waals surface area contributed by atoms with Gasteiger partial charge in [-0.25, -0.2) is 0 Å². The van der Waals surface area contributed by atoms with Crippen molar-refractivity contribution in [3.8, 4) is 0 Å². The van der Waals surface area contributed by atoms with Gasteiger partial charge in [0.2, 0.25) is 5.91 Å². The number of fused-ring (bicyclic) bond motifs is 1. The predicted octanol–water partition coefficient (Wildman–Crippen LogP) is 5.41. The van der Waals surface area contributed by atoms with Gasteiger partial charge in [0.15, 0.2) is 0 Å². The summed E-state index contributed by atoms with van der Waals surface area (Å²) in [6.45, 7) is 6.31. The van der Waals surface area contributed by atoms with E-state index >= 15 is 0 Å². The first-order valence-corrected chi connectivity index (χ1v) is 9.81. The van der Waals surface area contributed by atoms with E-state index in [-0.39, 0.29) is 5.91 Å². The lowest BCUT2D eigenvalue weighted by atomic mass is 10.1. The van der Waals surface area contributed by atoms with Gasteiger partial charge in [-0.15, -0.1) is 0 Å². The van der Waals surface area contributed by atoms with Crippen LogP contribution in [0.15, 0.2) is 66.8 Å². The van der Waals surface area contributed by atoms with Crippen molar-refractivity contribution in [2.45, 2.75) is 39.7 Å². The molecule has 0 saturated carbocycles. The fourth-order valence-corrected chi connectivity index (χ4v) is 2.67. The highest BCUT2D eigenvalue weighted by Crippen LogP contribution is 2.16. The number of allylic oxidation sites excluding steroid dienone is 3. The molecule has 0 aliphatic rings. The van der Waals surface area contributed by atoms with Crippen molar-refractivity contribution in [3.63, 3.8) is 0 Å². The van der Waals surface area contributed by atoms with Gasteiger partial charge in [-0.1, -0.05) is 68.5 Å². The number of hydrogen-bond donors (Lipinski definition) is 1. The van der Waals surface area contributed by atoms with Crippen LogP contribution in [0.1, 0.15) is 38.7 Å². The van der Waals surface area contributed by atoms with Crippen molar-refractivity contribution in [1.82, 2.24) is 5.32 Å². The molecular weight excluding hydrogens is 334 g/mol. The average molecular weight is 366 g/mol. The van der Waals surface area contributed by atoms with E-state index in [2.05, 4.69) is 67.7 Å². The third kappa shape index (κ3) is 8.69. The molecule has 0 aliphatic heterocycles. The standard InChI is InChI=1S/C24H31NO2/c1-20(2)18-25-24(26)13-7-5-3-4-6-10-16-27-19-21-14-15-22-11-8-9-12-23(22)17-21/h3,5,7-9,11-15,17,20H,4,6,10,16,18-19H2,1-2H3,(H,25,26)/b5-3+,13-7+. The number of hydrogen-bond acceptors (Lipinski definition) is 2. The van der Waals surface area contributed by atoms with Crippen molar-refractivity contribution in [2.24, 2.45) is 5.92 Å². The molecular formula is C24H31NO2. The van der Waals surface area contributed by atoms with Crippen molar-refractivity contribution in [3.05, 3.63) is 72.3 Å². The minimum absolute atomic E-state index is 0.0320. The van der Waals surface area contributed by atoms with E-state index in [0.29, 0.717) is 19.1 Å². The molecule has 2 aromatic carbocycles. The number of nitrogens with one attached hydrogen (secondary N) is 1. The third-order valence-corrected chi connectivity index (χ3v) is 4.17. The van der Waals surface area contributed by atoms with Crippen LogP contribution in [0, 0.1) is 5.92 Å². The molecule has 0 saturated heterocycles. The lowest BCUT2D eigenvalue weighted by molar-refractivity contribution is -0.116. The van der Waals surface area contributed by atoms with Crippen LogP contribution in [-0.2, 0) is 16.1 Å². The van der Waals surface area contributed by atoms with E-state index < -0.39 is 0 Å². The largest absolute Gasteiger partial charge is 0.377 e. The molecule has 144 valence electrons. The maximum Gasteiger partial charge on any atom is 0.243 e. The van der Waals surface area contributed by atoms with Crippen LogP contribution in [-0.4, -0.2) is 19.1 Å². The Morgan fingerprint density at radius 3 is 2.70 bits per heavy atom. The van der Waals surface area contributed by atoms with Gasteiger partial charge in [0, 0.05) is 19.2 Å². The first kappa shape index (κ1) is 20.9. The maximum absolute atomic E-state index is 11.5. The maximum atomic E-state index is 11.5. The Hall–Kier alpha value is -2.39. The van der Waals surface area contributed by atoms with Crippen LogP contribution in [0.2, 0.25) is 0 Å². The molecule has 1 amide bonds. The summed E-state index contributed by atoms with van der Waals surface area (Å²) in [5.41, 5.74) is 1.22. The highest BCUT2D eigenvalue weighted by molar-refractivity contribution is 5.87. The van der Waals surface area contributed by atoms with E-state index in [1.807, 2.05) is 6.08 Å². The second kappa shape index (κ2) is 12.1. The zero-order valence-electron chi connectivity index (χ0n) is 16.5. The number of rotatable bonds is 11. The summed E-state index contributed by atoms with van der Waals surface area (Å²) in [6.07, 6.45) is 10.5. The fraction of sp³-hybridized carbons (Fsp3) is 0.375. The topological polar surface area (TPSA) is 38.3 Å². The number of benzene rings is 2. The van der Waals surface area contributed by atoms with Crippen molar-refractivity contribution < 1.29 is 9.53 Å². The number of carbonyl (C=O) groups excluding carboxylic acids is 1. The summed E-state index contributed by atoms with van der Waals surface area (Å²) in [5, 5.41) is 5.38. The Bertz CT molecular complexity index is 762. The molecule has 0 bridgehead atoms. The summed E-state index contributed by atoms with van der Waals surface area (Å²) in [5.74, 6) is 0.441. The molecule has 0 aliphatic carbocycles. The first-order chi connectivity index (χ1) is 13.1. The van der Waals surface area contributed by atoms with E-state index in [1.54, 1.807) is 12.2 Å². The summed E-state index contributed by atoms with van der Waals surface area (Å²) < 4.78 is 5.78. The average Bonchev–Trinajstić information content (AvgIpc) is 2.67. The van der Waals surface area contributed by atoms with Crippen LogP contribution in [0.3, 0.4) is 0 Å². The molecule has 27 heavy (non-hydrogen) atoms. The van der Waals surface area contributed by atoms with E-state index in [9.17, 15) is 4.79 Å². The van der Waals surface area contributed by atoms with E-state index in [0.717, 1.165) is 25.9 Å². The van der Waals surface area contributed by atoms with Gasteiger partial charge in [0.05, 0.1) is 6.61 Å². The van der Waals surface area contributed by atoms with Crippen LogP contribution in [0.4, 0.5) is 0 Å². The highest BCUT2D eigenvalue weighted by atomic mass is 16.5. The van der Waals surface area contributed by atoms with Gasteiger partial charge in [-0.2, -0.15) is 0 Å². The quantitative estimate of drug-likeness (QED) is 0.328. The lowest BCUT2D eigenvalue weighted by Gasteiger charge is -2.05. The highest BCUT2D eigenvalue weighted by Gasteiger charge is 1.97. The molecule has 1 N–H and O–H groups in total. The molecule has 2 aromatic rings. The molecule has 0 aromatic heterocycles. The van der Waals surface area contributed by atoms with Crippen LogP contribution in [0.5, 0.6) is 0 Å². The SMILES string of the molecule is CC(C)CNC(=O)/C=C/C=C/CCCCOCc1ccc2ccccc2c1. The summed E-state index contributed by atoms with van der Waals surface area (Å²) >= 11 is 0. The minimum atomic E-state index is -0.0320. The first-order valence-electron chi connectivity index (χ1n) is 9.81. The molecule has 3 nitrogen and oxygen atoms in total. The summed E-state index contributed by atoms with van der Waals surface area (Å²) in [4.78, 5) is 11.5. The number of unbranched alkanes of at least 4 members (excludes halogenated alkanes) is 2. The molecule has 2 rings (SSSR count). The number of amides is 1. The Morgan fingerprint density at radius 2 is 1.89 bits per heavy atom. The zero-order chi connectivity index (χ0) is 19.3. The number of ether oxygens (including phenoxy) is 1. The lowest BCUT2D eigenvalue weighted by Crippen LogP contribution is -2.25. The number of carbonyl (C=O) groups is 1. The van der Waals surface area contributed by atoms with Gasteiger partial charge in [0.25, 0.3) is 0 Å². The fourth-order valence-electron chi connectivity index (χ4n) is 2.67. The molecule has 0 unspecified atom stereocenters. The normalized spacial score (nSPS) is 11.8. The minimum Gasteiger partial charge on any atom is -0.377 e. The molecule has 0 radical (unpaired) electrons. The van der Waals surface area contributed by atoms with Gasteiger partial charge in [-0.3, -0.25) is 4.79 Å². The molecule has 0 fully saturated rings. The molecule has 3 heteroatoms. The van der Waals surface area contributed by atoms with Crippen molar-refractivity contribution in [2.75, 3.05) is 13.2 Å². The van der Waals surface area contributed by atoms with Gasteiger partial charge in [-0.05, 0) is 47.6 Å². The van der Waals surface area contributed by atoms with Gasteiger partial charge in [0.1, 0.15) is 0 Å². The summed E-state index contributed by atoms with van der Waals surface area (Å²) in [6, 6.07) is 14.9. The second-order valence-electron chi connectivity index (χ2n) is 7.16. The van der Waals surface area contributed by atoms with E-state index in [4.69, 9.17) is 4.74 Å². The van der Waals surface area contributed by atoms with Crippen molar-refractivity contribution in [1.29, 1.82) is 0 Å². The Kier molecular flexibility index (Phi) is 9.36. The van der Waals surface area contributed by atoms with Crippen LogP contribution in [0.25, 0.3) is 10.8 Å². The monoisotopic (exact) mass is 365 g/mol. The van der Waals surface area contributed by atoms with E-state index in [1.165, 1.54) is 16.3 Å². The molecule has 0 spiro atoms. The smallest absolute Gasteiger partial charge is 0.243 e. The predicted molar refractivity (Wildman–Crippen MR) is 114 cm³/mol. The second-order valence-corrected chi connectivity index (χ2v) is 7.16. The summed E-state index contributed by atoms with van der Waals surface area (Å²) in [7, 11) is 0. The molecule has 0 atom stereocenters.